The lowest BCUT2D eigenvalue weighted by molar-refractivity contribution is -0.129. The molecule has 1 aliphatic rings. The SMILES string of the molecule is Bc1n[nH]c2ccc([C@]3(C)CC(=O)N(C)C(=N)N3)cc12. The molecule has 1 amide bonds. The van der Waals surface area contributed by atoms with Gasteiger partial charge in [-0.25, -0.2) is 0 Å². The van der Waals surface area contributed by atoms with E-state index in [0.717, 1.165) is 22.1 Å². The molecular weight excluding hydrogens is 253 g/mol. The first-order valence-corrected chi connectivity index (χ1v) is 6.49. The molecule has 0 saturated carbocycles. The Bertz CT molecular complexity index is 705. The number of hydrogen-bond donors (Lipinski definition) is 3. The second-order valence-electron chi connectivity index (χ2n) is 5.50. The highest BCUT2D eigenvalue weighted by molar-refractivity contribution is 6.37. The zero-order valence-electron chi connectivity index (χ0n) is 11.7. The Labute approximate surface area is 117 Å². The van der Waals surface area contributed by atoms with Crippen LogP contribution in [0.4, 0.5) is 0 Å². The molecule has 0 aliphatic carbocycles. The number of H-pyrrole nitrogens is 1. The summed E-state index contributed by atoms with van der Waals surface area (Å²) >= 11 is 0. The highest BCUT2D eigenvalue weighted by Gasteiger charge is 2.37. The molecule has 1 aliphatic heterocycles. The first kappa shape index (κ1) is 12.7. The van der Waals surface area contributed by atoms with E-state index < -0.39 is 5.54 Å². The number of nitrogens with one attached hydrogen (secondary N) is 3. The van der Waals surface area contributed by atoms with E-state index >= 15 is 0 Å². The Morgan fingerprint density at radius 2 is 2.25 bits per heavy atom. The number of amides is 1. The molecule has 0 unspecified atom stereocenters. The minimum Gasteiger partial charge on any atom is -0.346 e. The Hall–Kier alpha value is -2.31. The van der Waals surface area contributed by atoms with E-state index in [4.69, 9.17) is 5.41 Å². The van der Waals surface area contributed by atoms with Gasteiger partial charge in [0.15, 0.2) is 13.8 Å². The smallest absolute Gasteiger partial charge is 0.231 e. The van der Waals surface area contributed by atoms with Crippen LogP contribution in [0.25, 0.3) is 10.9 Å². The van der Waals surface area contributed by atoms with Crippen LogP contribution in [-0.2, 0) is 10.3 Å². The van der Waals surface area contributed by atoms with E-state index in [2.05, 4.69) is 15.5 Å². The van der Waals surface area contributed by atoms with E-state index in [0.29, 0.717) is 6.42 Å². The lowest BCUT2D eigenvalue weighted by atomic mass is 9.85. The molecule has 2 aromatic rings. The normalized spacial score (nSPS) is 23.2. The van der Waals surface area contributed by atoms with Gasteiger partial charge in [0.25, 0.3) is 0 Å². The lowest BCUT2D eigenvalue weighted by Crippen LogP contribution is -2.58. The summed E-state index contributed by atoms with van der Waals surface area (Å²) in [6, 6.07) is 5.97. The third kappa shape index (κ3) is 1.78. The number of carbonyl (C=O) groups is 1. The molecule has 20 heavy (non-hydrogen) atoms. The van der Waals surface area contributed by atoms with Crippen molar-refractivity contribution in [1.82, 2.24) is 20.4 Å². The van der Waals surface area contributed by atoms with E-state index in [1.54, 1.807) is 7.05 Å². The standard InChI is InChI=1S/C13H16BN5O/c1-13(6-10(20)19(2)12(15)16-13)7-3-4-9-8(5-7)11(14)18-17-9/h3-5H,6,14H2,1-2H3,(H2,15,16)(H,17,18)/t13-/m0/s1. The molecule has 0 radical (unpaired) electrons. The predicted octanol–water partition coefficient (Wildman–Crippen LogP) is -0.577. The molecule has 1 atom stereocenters. The fourth-order valence-corrected chi connectivity index (χ4v) is 2.60. The number of fused-ring (bicyclic) bond motifs is 1. The topological polar surface area (TPSA) is 84.9 Å². The van der Waals surface area contributed by atoms with Crippen LogP contribution in [0.3, 0.4) is 0 Å². The first-order chi connectivity index (χ1) is 9.40. The molecular formula is C13H16BN5O. The molecule has 7 heteroatoms. The predicted molar refractivity (Wildman–Crippen MR) is 79.9 cm³/mol. The van der Waals surface area contributed by atoms with Crippen LogP contribution in [0, 0.1) is 5.41 Å². The largest absolute Gasteiger partial charge is 0.346 e. The van der Waals surface area contributed by atoms with Crippen LogP contribution in [0.5, 0.6) is 0 Å². The number of rotatable bonds is 1. The number of nitrogens with zero attached hydrogens (tertiary/aromatic N) is 2. The third-order valence-electron chi connectivity index (χ3n) is 4.00. The molecule has 6 nitrogen and oxygen atoms in total. The molecule has 1 aromatic heterocycles. The van der Waals surface area contributed by atoms with Gasteiger partial charge in [0.1, 0.15) is 0 Å². The summed E-state index contributed by atoms with van der Waals surface area (Å²) < 4.78 is 0. The number of guanidine groups is 1. The maximum Gasteiger partial charge on any atom is 0.231 e. The average molecular weight is 269 g/mol. The molecule has 1 fully saturated rings. The summed E-state index contributed by atoms with van der Waals surface area (Å²) in [4.78, 5) is 13.3. The summed E-state index contributed by atoms with van der Waals surface area (Å²) in [7, 11) is 3.56. The van der Waals surface area contributed by atoms with Gasteiger partial charge in [0, 0.05) is 18.0 Å². The van der Waals surface area contributed by atoms with Crippen LogP contribution in [-0.4, -0.2) is 41.9 Å². The van der Waals surface area contributed by atoms with Crippen molar-refractivity contribution in [3.8, 4) is 0 Å². The minimum absolute atomic E-state index is 0.0553. The van der Waals surface area contributed by atoms with Crippen molar-refractivity contribution in [2.24, 2.45) is 0 Å². The quantitative estimate of drug-likeness (QED) is 0.606. The van der Waals surface area contributed by atoms with Gasteiger partial charge in [0.2, 0.25) is 5.91 Å². The molecule has 3 rings (SSSR count). The van der Waals surface area contributed by atoms with Crippen molar-refractivity contribution >= 4 is 36.2 Å². The van der Waals surface area contributed by atoms with E-state index in [-0.39, 0.29) is 11.9 Å². The number of carbonyl (C=O) groups excluding carboxylic acids is 1. The van der Waals surface area contributed by atoms with Gasteiger partial charge in [0.05, 0.1) is 17.5 Å². The number of aromatic amines is 1. The van der Waals surface area contributed by atoms with Gasteiger partial charge in [-0.1, -0.05) is 6.07 Å². The second-order valence-corrected chi connectivity index (χ2v) is 5.50. The maximum absolute atomic E-state index is 12.0. The van der Waals surface area contributed by atoms with Gasteiger partial charge in [-0.15, -0.1) is 0 Å². The van der Waals surface area contributed by atoms with Gasteiger partial charge in [-0.05, 0) is 24.6 Å². The van der Waals surface area contributed by atoms with Gasteiger partial charge in [-0.2, -0.15) is 5.10 Å². The second kappa shape index (κ2) is 4.09. The van der Waals surface area contributed by atoms with Crippen molar-refractivity contribution in [3.63, 3.8) is 0 Å². The Balaban J connectivity index is 2.07. The Kier molecular flexibility index (Phi) is 2.60. The van der Waals surface area contributed by atoms with Crippen molar-refractivity contribution in [1.29, 1.82) is 5.41 Å². The summed E-state index contributed by atoms with van der Waals surface area (Å²) in [5.41, 5.74) is 2.34. The van der Waals surface area contributed by atoms with Gasteiger partial charge < -0.3 is 5.32 Å². The first-order valence-electron chi connectivity index (χ1n) is 6.49. The molecule has 102 valence electrons. The highest BCUT2D eigenvalue weighted by atomic mass is 16.2. The molecule has 1 aromatic carbocycles. The zero-order valence-corrected chi connectivity index (χ0v) is 11.7. The van der Waals surface area contributed by atoms with Crippen LogP contribution in [0.1, 0.15) is 18.9 Å². The Morgan fingerprint density at radius 1 is 1.50 bits per heavy atom. The average Bonchev–Trinajstić information content (AvgIpc) is 2.77. The van der Waals surface area contributed by atoms with Gasteiger partial charge in [-0.3, -0.25) is 20.2 Å². The number of aromatic nitrogens is 2. The molecule has 1 saturated heterocycles. The van der Waals surface area contributed by atoms with E-state index in [1.807, 2.05) is 33.0 Å². The van der Waals surface area contributed by atoms with Crippen molar-refractivity contribution < 1.29 is 4.79 Å². The fraction of sp³-hybridized carbons (Fsp3) is 0.308. The summed E-state index contributed by atoms with van der Waals surface area (Å²) in [6.07, 6.45) is 0.328. The molecule has 2 heterocycles. The zero-order chi connectivity index (χ0) is 14.5. The monoisotopic (exact) mass is 269 g/mol. The summed E-state index contributed by atoms with van der Waals surface area (Å²) in [6.45, 7) is 1.95. The van der Waals surface area contributed by atoms with Crippen LogP contribution < -0.4 is 10.9 Å². The molecule has 0 spiro atoms. The molecule has 0 bridgehead atoms. The fourth-order valence-electron chi connectivity index (χ4n) is 2.60. The Morgan fingerprint density at radius 3 is 2.95 bits per heavy atom. The van der Waals surface area contributed by atoms with Gasteiger partial charge >= 0.3 is 0 Å². The lowest BCUT2D eigenvalue weighted by Gasteiger charge is -2.39. The minimum atomic E-state index is -0.557. The maximum atomic E-state index is 12.0. The summed E-state index contributed by atoms with van der Waals surface area (Å²) in [5, 5.41) is 19.2. The van der Waals surface area contributed by atoms with Crippen molar-refractivity contribution in [3.05, 3.63) is 23.8 Å². The van der Waals surface area contributed by atoms with Crippen molar-refractivity contribution in [2.75, 3.05) is 7.05 Å². The molecule has 3 N–H and O–H groups in total. The highest BCUT2D eigenvalue weighted by Crippen LogP contribution is 2.30. The van der Waals surface area contributed by atoms with E-state index in [9.17, 15) is 4.79 Å². The number of benzene rings is 1. The third-order valence-corrected chi connectivity index (χ3v) is 4.00. The summed E-state index contributed by atoms with van der Waals surface area (Å²) in [5.74, 6) is 0.0769. The van der Waals surface area contributed by atoms with Crippen molar-refractivity contribution in [2.45, 2.75) is 18.9 Å². The van der Waals surface area contributed by atoms with E-state index in [1.165, 1.54) is 4.90 Å². The van der Waals surface area contributed by atoms with Crippen LogP contribution >= 0.6 is 0 Å². The van der Waals surface area contributed by atoms with Crippen LogP contribution in [0.2, 0.25) is 0 Å². The number of hydrogen-bond acceptors (Lipinski definition) is 3. The van der Waals surface area contributed by atoms with Crippen LogP contribution in [0.15, 0.2) is 18.2 Å².